The van der Waals surface area contributed by atoms with E-state index < -0.39 is 0 Å². The third-order valence-electron chi connectivity index (χ3n) is 7.65. The van der Waals surface area contributed by atoms with E-state index in [9.17, 15) is 4.79 Å². The van der Waals surface area contributed by atoms with Crippen LogP contribution in [-0.2, 0) is 11.2 Å². The van der Waals surface area contributed by atoms with Gasteiger partial charge in [0.1, 0.15) is 0 Å². The molecule has 2 N–H and O–H groups in total. The summed E-state index contributed by atoms with van der Waals surface area (Å²) in [6.07, 6.45) is 31.4. The molecule has 204 valence electrons. The van der Waals surface area contributed by atoms with E-state index >= 15 is 0 Å². The first kappa shape index (κ1) is 30.5. The molecule has 3 nitrogen and oxygen atoms in total. The lowest BCUT2D eigenvalue weighted by molar-refractivity contribution is -0.121. The molecule has 1 heterocycles. The minimum absolute atomic E-state index is 0.206. The second-order valence-electron chi connectivity index (χ2n) is 10.9. The van der Waals surface area contributed by atoms with Crippen LogP contribution in [0.4, 0.5) is 0 Å². The number of hydrogen-bond acceptors (Lipinski definition) is 1. The number of para-hydroxylation sites is 1. The van der Waals surface area contributed by atoms with Gasteiger partial charge in [-0.3, -0.25) is 4.79 Å². The monoisotopic (exact) mass is 496 g/mol. The van der Waals surface area contributed by atoms with E-state index in [2.05, 4.69) is 41.6 Å². The minimum atomic E-state index is 0.206. The SMILES string of the molecule is CCCCCCCCCCCCCCCCCCCCCCC(=O)NCCc1c[nH]c2ccccc12. The number of nitrogens with one attached hydrogen (secondary N) is 2. The smallest absolute Gasteiger partial charge is 0.220 e. The molecule has 0 unspecified atom stereocenters. The van der Waals surface area contributed by atoms with Crippen LogP contribution in [0.15, 0.2) is 30.5 Å². The Morgan fingerprint density at radius 2 is 1.14 bits per heavy atom. The number of carbonyl (C=O) groups excluding carboxylic acids is 1. The molecule has 36 heavy (non-hydrogen) atoms. The van der Waals surface area contributed by atoms with Gasteiger partial charge in [-0.05, 0) is 24.5 Å². The number of aromatic nitrogens is 1. The molecular weight excluding hydrogens is 440 g/mol. The first-order valence-electron chi connectivity index (χ1n) is 15.6. The highest BCUT2D eigenvalue weighted by molar-refractivity contribution is 5.83. The fraction of sp³-hybridized carbons (Fsp3) is 0.727. The fourth-order valence-electron chi connectivity index (χ4n) is 5.30. The second-order valence-corrected chi connectivity index (χ2v) is 10.9. The molecule has 2 aromatic rings. The standard InChI is InChI=1S/C33H56N2O/c1-2-3-4-5-6-7-8-9-10-11-12-13-14-15-16-17-18-19-20-21-26-33(36)34-28-27-30-29-35-32-25-23-22-24-31(30)32/h22-25,29,35H,2-21,26-28H2,1H3,(H,34,36). The van der Waals surface area contributed by atoms with Gasteiger partial charge in [0, 0.05) is 30.1 Å². The summed E-state index contributed by atoms with van der Waals surface area (Å²) in [4.78, 5) is 15.4. The zero-order valence-electron chi connectivity index (χ0n) is 23.6. The van der Waals surface area contributed by atoms with Gasteiger partial charge in [0.15, 0.2) is 0 Å². The Bertz CT molecular complexity index is 781. The van der Waals surface area contributed by atoms with Crippen molar-refractivity contribution in [3.8, 4) is 0 Å². The first-order valence-corrected chi connectivity index (χ1v) is 15.6. The van der Waals surface area contributed by atoms with Crippen LogP contribution in [0.25, 0.3) is 10.9 Å². The maximum atomic E-state index is 12.1. The zero-order valence-corrected chi connectivity index (χ0v) is 23.6. The minimum Gasteiger partial charge on any atom is -0.361 e. The van der Waals surface area contributed by atoms with E-state index in [1.165, 1.54) is 138 Å². The Hall–Kier alpha value is -1.77. The topological polar surface area (TPSA) is 44.9 Å². The third kappa shape index (κ3) is 14.7. The summed E-state index contributed by atoms with van der Waals surface area (Å²) in [5, 5.41) is 4.36. The van der Waals surface area contributed by atoms with E-state index in [1.54, 1.807) is 0 Å². The summed E-state index contributed by atoms with van der Waals surface area (Å²) in [5.41, 5.74) is 2.45. The molecule has 0 spiro atoms. The van der Waals surface area contributed by atoms with Crippen LogP contribution < -0.4 is 5.32 Å². The van der Waals surface area contributed by atoms with Crippen LogP contribution in [0.3, 0.4) is 0 Å². The van der Waals surface area contributed by atoms with Crippen molar-refractivity contribution in [2.24, 2.45) is 0 Å². The number of aromatic amines is 1. The van der Waals surface area contributed by atoms with Gasteiger partial charge < -0.3 is 10.3 Å². The first-order chi connectivity index (χ1) is 17.8. The molecular formula is C33H56N2O. The number of rotatable bonds is 24. The van der Waals surface area contributed by atoms with Gasteiger partial charge in [-0.2, -0.15) is 0 Å². The Balaban J connectivity index is 1.27. The number of benzene rings is 1. The van der Waals surface area contributed by atoms with Crippen LogP contribution >= 0.6 is 0 Å². The molecule has 0 saturated heterocycles. The molecule has 2 rings (SSSR count). The molecule has 0 aliphatic carbocycles. The lowest BCUT2D eigenvalue weighted by Crippen LogP contribution is -2.25. The predicted octanol–water partition coefficient (Wildman–Crippen LogP) is 10.0. The summed E-state index contributed by atoms with van der Waals surface area (Å²) < 4.78 is 0. The number of unbranched alkanes of at least 4 members (excludes halogenated alkanes) is 19. The molecule has 3 heteroatoms. The number of H-pyrrole nitrogens is 1. The molecule has 0 bridgehead atoms. The molecule has 1 amide bonds. The molecule has 0 saturated carbocycles. The lowest BCUT2D eigenvalue weighted by atomic mass is 10.0. The third-order valence-corrected chi connectivity index (χ3v) is 7.65. The Labute approximate surface area is 222 Å². The Morgan fingerprint density at radius 3 is 1.67 bits per heavy atom. The number of carbonyl (C=O) groups is 1. The van der Waals surface area contributed by atoms with Crippen LogP contribution in [-0.4, -0.2) is 17.4 Å². The van der Waals surface area contributed by atoms with Crippen molar-refractivity contribution < 1.29 is 4.79 Å². The van der Waals surface area contributed by atoms with Crippen molar-refractivity contribution >= 4 is 16.8 Å². The van der Waals surface area contributed by atoms with Gasteiger partial charge in [0.2, 0.25) is 5.91 Å². The van der Waals surface area contributed by atoms with Crippen molar-refractivity contribution in [2.45, 2.75) is 148 Å². The van der Waals surface area contributed by atoms with Gasteiger partial charge in [0.05, 0.1) is 0 Å². The molecule has 1 aromatic carbocycles. The molecule has 0 aliphatic rings. The van der Waals surface area contributed by atoms with E-state index in [1.807, 2.05) is 6.07 Å². The molecule has 0 atom stereocenters. The number of fused-ring (bicyclic) bond motifs is 1. The van der Waals surface area contributed by atoms with Gasteiger partial charge in [0.25, 0.3) is 0 Å². The van der Waals surface area contributed by atoms with E-state index in [4.69, 9.17) is 0 Å². The summed E-state index contributed by atoms with van der Waals surface area (Å²) >= 11 is 0. The Kier molecular flexibility index (Phi) is 18.0. The van der Waals surface area contributed by atoms with Crippen LogP contribution in [0.1, 0.15) is 147 Å². The van der Waals surface area contributed by atoms with Crippen molar-refractivity contribution in [3.05, 3.63) is 36.0 Å². The summed E-state index contributed by atoms with van der Waals surface area (Å²) in [6, 6.07) is 8.35. The van der Waals surface area contributed by atoms with Crippen molar-refractivity contribution in [1.82, 2.24) is 10.3 Å². The Morgan fingerprint density at radius 1 is 0.667 bits per heavy atom. The molecule has 0 fully saturated rings. The predicted molar refractivity (Wildman–Crippen MR) is 158 cm³/mol. The maximum Gasteiger partial charge on any atom is 0.220 e. The highest BCUT2D eigenvalue weighted by Crippen LogP contribution is 2.18. The lowest BCUT2D eigenvalue weighted by Gasteiger charge is -2.05. The summed E-state index contributed by atoms with van der Waals surface area (Å²) in [7, 11) is 0. The van der Waals surface area contributed by atoms with Gasteiger partial charge in [-0.25, -0.2) is 0 Å². The van der Waals surface area contributed by atoms with Gasteiger partial charge in [-0.1, -0.05) is 147 Å². The average Bonchev–Trinajstić information content (AvgIpc) is 3.30. The average molecular weight is 497 g/mol. The van der Waals surface area contributed by atoms with Crippen LogP contribution in [0, 0.1) is 0 Å². The normalized spacial score (nSPS) is 11.4. The fourth-order valence-corrected chi connectivity index (χ4v) is 5.30. The highest BCUT2D eigenvalue weighted by Gasteiger charge is 2.05. The molecule has 0 radical (unpaired) electrons. The van der Waals surface area contributed by atoms with E-state index in [0.717, 1.165) is 19.4 Å². The van der Waals surface area contributed by atoms with Crippen molar-refractivity contribution in [2.75, 3.05) is 6.54 Å². The van der Waals surface area contributed by atoms with Crippen LogP contribution in [0.5, 0.6) is 0 Å². The number of amides is 1. The van der Waals surface area contributed by atoms with Gasteiger partial charge >= 0.3 is 0 Å². The van der Waals surface area contributed by atoms with Gasteiger partial charge in [-0.15, -0.1) is 0 Å². The molecule has 1 aromatic heterocycles. The highest BCUT2D eigenvalue weighted by atomic mass is 16.1. The zero-order chi connectivity index (χ0) is 25.5. The summed E-state index contributed by atoms with van der Waals surface area (Å²) in [6.45, 7) is 3.02. The number of hydrogen-bond donors (Lipinski definition) is 2. The largest absolute Gasteiger partial charge is 0.361 e. The quantitative estimate of drug-likeness (QED) is 0.139. The summed E-state index contributed by atoms with van der Waals surface area (Å²) in [5.74, 6) is 0.206. The van der Waals surface area contributed by atoms with E-state index in [-0.39, 0.29) is 5.91 Å². The van der Waals surface area contributed by atoms with Crippen molar-refractivity contribution in [3.63, 3.8) is 0 Å². The van der Waals surface area contributed by atoms with Crippen molar-refractivity contribution in [1.29, 1.82) is 0 Å². The maximum absolute atomic E-state index is 12.1. The van der Waals surface area contributed by atoms with E-state index in [0.29, 0.717) is 6.42 Å². The van der Waals surface area contributed by atoms with Crippen LogP contribution in [0.2, 0.25) is 0 Å². The molecule has 0 aliphatic heterocycles. The second kappa shape index (κ2) is 21.3.